The van der Waals surface area contributed by atoms with Crippen LogP contribution in [0.15, 0.2) is 41.1 Å². The molecule has 0 spiro atoms. The van der Waals surface area contributed by atoms with Gasteiger partial charge in [0.2, 0.25) is 5.76 Å². The van der Waals surface area contributed by atoms with Gasteiger partial charge in [0.1, 0.15) is 17.1 Å². The van der Waals surface area contributed by atoms with Crippen molar-refractivity contribution in [3.05, 3.63) is 53.8 Å². The standard InChI is InChI=1S/C18H16FN3O2S/c1-11-2-3-14(13(19)8-11)21-16-12-9-20-5-4-15(12)24-17(16)18(23)22-6-7-25-10-22/h2-5,8-9,21H,6-7,10H2,1H3. The summed E-state index contributed by atoms with van der Waals surface area (Å²) < 4.78 is 20.1. The van der Waals surface area contributed by atoms with Crippen molar-refractivity contribution in [3.8, 4) is 0 Å². The van der Waals surface area contributed by atoms with E-state index in [9.17, 15) is 9.18 Å². The quantitative estimate of drug-likeness (QED) is 0.762. The van der Waals surface area contributed by atoms with Gasteiger partial charge in [0.05, 0.1) is 17.0 Å². The van der Waals surface area contributed by atoms with E-state index in [1.54, 1.807) is 41.2 Å². The van der Waals surface area contributed by atoms with Gasteiger partial charge in [-0.3, -0.25) is 9.78 Å². The van der Waals surface area contributed by atoms with Crippen LogP contribution in [0.3, 0.4) is 0 Å². The Morgan fingerprint density at radius 1 is 1.40 bits per heavy atom. The van der Waals surface area contributed by atoms with Gasteiger partial charge in [0, 0.05) is 24.7 Å². The third-order valence-corrected chi connectivity index (χ3v) is 5.07. The number of pyridine rings is 1. The Hall–Kier alpha value is -2.54. The lowest BCUT2D eigenvalue weighted by Crippen LogP contribution is -2.27. The molecule has 1 N–H and O–H groups in total. The van der Waals surface area contributed by atoms with Gasteiger partial charge in [-0.05, 0) is 30.7 Å². The average Bonchev–Trinajstić information content (AvgIpc) is 3.25. The molecule has 1 aliphatic rings. The molecule has 3 aromatic rings. The predicted octanol–water partition coefficient (Wildman–Crippen LogP) is 4.17. The number of nitrogens with zero attached hydrogens (tertiary/aromatic N) is 2. The minimum Gasteiger partial charge on any atom is -0.448 e. The summed E-state index contributed by atoms with van der Waals surface area (Å²) in [6.07, 6.45) is 3.21. The zero-order valence-electron chi connectivity index (χ0n) is 13.6. The smallest absolute Gasteiger partial charge is 0.292 e. The van der Waals surface area contributed by atoms with E-state index in [0.717, 1.165) is 11.3 Å². The van der Waals surface area contributed by atoms with Crippen molar-refractivity contribution >= 4 is 40.0 Å². The molecule has 1 aliphatic heterocycles. The normalized spacial score (nSPS) is 14.2. The number of anilines is 2. The zero-order chi connectivity index (χ0) is 17.4. The molecule has 5 nitrogen and oxygen atoms in total. The third-order valence-electron chi connectivity index (χ3n) is 4.11. The molecular weight excluding hydrogens is 341 g/mol. The zero-order valence-corrected chi connectivity index (χ0v) is 14.4. The molecule has 3 heterocycles. The highest BCUT2D eigenvalue weighted by atomic mass is 32.2. The first-order valence-electron chi connectivity index (χ1n) is 7.90. The van der Waals surface area contributed by atoms with Gasteiger partial charge in [-0.1, -0.05) is 6.07 Å². The van der Waals surface area contributed by atoms with Crippen LogP contribution < -0.4 is 5.32 Å². The molecule has 2 aromatic heterocycles. The molecule has 1 aromatic carbocycles. The number of halogens is 1. The summed E-state index contributed by atoms with van der Waals surface area (Å²) in [5.74, 6) is 1.14. The Kier molecular flexibility index (Phi) is 4.09. The second-order valence-corrected chi connectivity index (χ2v) is 6.97. The highest BCUT2D eigenvalue weighted by Gasteiger charge is 2.28. The van der Waals surface area contributed by atoms with Crippen molar-refractivity contribution in [2.45, 2.75) is 6.92 Å². The Morgan fingerprint density at radius 2 is 2.28 bits per heavy atom. The van der Waals surface area contributed by atoms with E-state index >= 15 is 0 Å². The molecule has 0 radical (unpaired) electrons. The first-order chi connectivity index (χ1) is 12.1. The van der Waals surface area contributed by atoms with Crippen LogP contribution in [-0.4, -0.2) is 34.0 Å². The Labute approximate surface area is 148 Å². The lowest BCUT2D eigenvalue weighted by Gasteiger charge is -2.14. The van der Waals surface area contributed by atoms with Gasteiger partial charge in [0.25, 0.3) is 5.91 Å². The molecule has 7 heteroatoms. The van der Waals surface area contributed by atoms with E-state index in [-0.39, 0.29) is 17.5 Å². The summed E-state index contributed by atoms with van der Waals surface area (Å²) >= 11 is 1.70. The monoisotopic (exact) mass is 357 g/mol. The van der Waals surface area contributed by atoms with Crippen molar-refractivity contribution in [2.24, 2.45) is 0 Å². The van der Waals surface area contributed by atoms with Gasteiger partial charge >= 0.3 is 0 Å². The fourth-order valence-corrected chi connectivity index (χ4v) is 3.74. The number of benzene rings is 1. The molecule has 0 unspecified atom stereocenters. The number of aryl methyl sites for hydroxylation is 1. The Balaban J connectivity index is 1.80. The van der Waals surface area contributed by atoms with Crippen LogP contribution in [0.1, 0.15) is 16.1 Å². The minimum atomic E-state index is -0.381. The van der Waals surface area contributed by atoms with Gasteiger partial charge < -0.3 is 14.6 Å². The first-order valence-corrected chi connectivity index (χ1v) is 9.05. The lowest BCUT2D eigenvalue weighted by atomic mass is 10.2. The van der Waals surface area contributed by atoms with E-state index in [1.165, 1.54) is 6.07 Å². The molecular formula is C18H16FN3O2S. The summed E-state index contributed by atoms with van der Waals surface area (Å²) in [6.45, 7) is 2.50. The summed E-state index contributed by atoms with van der Waals surface area (Å²) in [7, 11) is 0. The highest BCUT2D eigenvalue weighted by Crippen LogP contribution is 2.35. The molecule has 0 atom stereocenters. The topological polar surface area (TPSA) is 58.4 Å². The third kappa shape index (κ3) is 2.95. The molecule has 0 bridgehead atoms. The minimum absolute atomic E-state index is 0.186. The molecule has 4 rings (SSSR count). The van der Waals surface area contributed by atoms with Crippen molar-refractivity contribution in [1.29, 1.82) is 0 Å². The molecule has 25 heavy (non-hydrogen) atoms. The SMILES string of the molecule is Cc1ccc(Nc2c(C(=O)N3CCSC3)oc3ccncc23)c(F)c1. The van der Waals surface area contributed by atoms with E-state index < -0.39 is 0 Å². The number of furan rings is 1. The summed E-state index contributed by atoms with van der Waals surface area (Å²) in [5.41, 5.74) is 2.11. The van der Waals surface area contributed by atoms with E-state index in [4.69, 9.17) is 4.42 Å². The maximum absolute atomic E-state index is 14.3. The number of fused-ring (bicyclic) bond motifs is 1. The van der Waals surface area contributed by atoms with Crippen LogP contribution in [0.5, 0.6) is 0 Å². The number of thioether (sulfide) groups is 1. The van der Waals surface area contributed by atoms with Crippen LogP contribution in [0.4, 0.5) is 15.8 Å². The van der Waals surface area contributed by atoms with E-state index in [2.05, 4.69) is 10.3 Å². The van der Waals surface area contributed by atoms with Gasteiger partial charge in [-0.15, -0.1) is 11.8 Å². The highest BCUT2D eigenvalue weighted by molar-refractivity contribution is 7.99. The second-order valence-electron chi connectivity index (χ2n) is 5.89. The number of rotatable bonds is 3. The van der Waals surface area contributed by atoms with E-state index in [1.807, 2.05) is 13.0 Å². The van der Waals surface area contributed by atoms with Crippen LogP contribution in [-0.2, 0) is 0 Å². The molecule has 0 aliphatic carbocycles. The van der Waals surface area contributed by atoms with Crippen molar-refractivity contribution in [3.63, 3.8) is 0 Å². The number of carbonyl (C=O) groups is 1. The molecule has 1 fully saturated rings. The van der Waals surface area contributed by atoms with E-state index in [0.29, 0.717) is 34.8 Å². The van der Waals surface area contributed by atoms with Crippen molar-refractivity contribution < 1.29 is 13.6 Å². The van der Waals surface area contributed by atoms with Crippen LogP contribution >= 0.6 is 11.8 Å². The Bertz CT molecular complexity index is 951. The first kappa shape index (κ1) is 16.0. The van der Waals surface area contributed by atoms with Gasteiger partial charge in [0.15, 0.2) is 0 Å². The number of amides is 1. The maximum Gasteiger partial charge on any atom is 0.292 e. The maximum atomic E-state index is 14.3. The fourth-order valence-electron chi connectivity index (χ4n) is 2.79. The molecule has 1 saturated heterocycles. The largest absolute Gasteiger partial charge is 0.448 e. The molecule has 128 valence electrons. The lowest BCUT2D eigenvalue weighted by molar-refractivity contribution is 0.0775. The van der Waals surface area contributed by atoms with Gasteiger partial charge in [-0.25, -0.2) is 4.39 Å². The number of hydrogen-bond acceptors (Lipinski definition) is 5. The van der Waals surface area contributed by atoms with Crippen LogP contribution in [0.2, 0.25) is 0 Å². The predicted molar refractivity (Wildman–Crippen MR) is 96.8 cm³/mol. The summed E-state index contributed by atoms with van der Waals surface area (Å²) in [6, 6.07) is 6.60. The Morgan fingerprint density at radius 3 is 3.04 bits per heavy atom. The summed E-state index contributed by atoms with van der Waals surface area (Å²) in [5, 5.41) is 3.68. The number of aromatic nitrogens is 1. The van der Waals surface area contributed by atoms with Crippen LogP contribution in [0, 0.1) is 12.7 Å². The van der Waals surface area contributed by atoms with Crippen molar-refractivity contribution in [1.82, 2.24) is 9.88 Å². The van der Waals surface area contributed by atoms with Crippen molar-refractivity contribution in [2.75, 3.05) is 23.5 Å². The van der Waals surface area contributed by atoms with Gasteiger partial charge in [-0.2, -0.15) is 0 Å². The fraction of sp³-hybridized carbons (Fsp3) is 0.222. The summed E-state index contributed by atoms with van der Waals surface area (Å²) in [4.78, 5) is 18.7. The number of carbonyl (C=O) groups excluding carboxylic acids is 1. The molecule has 0 saturated carbocycles. The second kappa shape index (κ2) is 6.40. The number of nitrogens with one attached hydrogen (secondary N) is 1. The number of hydrogen-bond donors (Lipinski definition) is 1. The average molecular weight is 357 g/mol. The van der Waals surface area contributed by atoms with Crippen LogP contribution in [0.25, 0.3) is 11.0 Å². The molecule has 1 amide bonds.